The van der Waals surface area contributed by atoms with Crippen LogP contribution in [0, 0.1) is 26.7 Å². The molecule has 0 radical (unpaired) electrons. The molecule has 210 valence electrons. The monoisotopic (exact) mass is 569 g/mol. The average molecular weight is 570 g/mol. The van der Waals surface area contributed by atoms with Gasteiger partial charge in [0.25, 0.3) is 0 Å². The predicted molar refractivity (Wildman–Crippen MR) is 161 cm³/mol. The number of hydrogen-bond acceptors (Lipinski definition) is 7. The number of nitrogens with zero attached hydrogens (tertiary/aromatic N) is 6. The summed E-state index contributed by atoms with van der Waals surface area (Å²) in [4.78, 5) is 21.7. The molecule has 2 aliphatic rings. The molecule has 0 spiro atoms. The maximum absolute atomic E-state index is 10.8. The van der Waals surface area contributed by atoms with Gasteiger partial charge in [-0.25, -0.2) is 0 Å². The summed E-state index contributed by atoms with van der Waals surface area (Å²) in [5.41, 5.74) is 4.52. The van der Waals surface area contributed by atoms with Crippen LogP contribution in [0.15, 0.2) is 29.3 Å². The summed E-state index contributed by atoms with van der Waals surface area (Å²) in [7, 11) is 4.23. The van der Waals surface area contributed by atoms with E-state index in [0.29, 0.717) is 12.5 Å². The number of nitrogens with one attached hydrogen (secondary N) is 1. The summed E-state index contributed by atoms with van der Waals surface area (Å²) in [6, 6.07) is 7.86. The predicted octanol–water partition coefficient (Wildman–Crippen LogP) is 4.65. The lowest BCUT2D eigenvalue weighted by atomic mass is 9.97. The summed E-state index contributed by atoms with van der Waals surface area (Å²) in [6.07, 6.45) is 2.43. The van der Waals surface area contributed by atoms with Crippen LogP contribution in [0.4, 0.5) is 0 Å². The van der Waals surface area contributed by atoms with E-state index in [2.05, 4.69) is 57.8 Å². The Bertz CT molecular complexity index is 1300. The van der Waals surface area contributed by atoms with Crippen LogP contribution in [0.1, 0.15) is 53.0 Å². The van der Waals surface area contributed by atoms with Crippen LogP contribution >= 0.6 is 22.9 Å². The molecule has 0 atom stereocenters. The molecule has 5 rings (SSSR count). The molecule has 1 N–H and O–H groups in total. The normalized spacial score (nSPS) is 15.6. The van der Waals surface area contributed by atoms with Gasteiger partial charge in [-0.3, -0.25) is 14.4 Å². The summed E-state index contributed by atoms with van der Waals surface area (Å²) in [5.74, 6) is 2.55. The fraction of sp³-hybridized carbons (Fsp3) is 0.517. The van der Waals surface area contributed by atoms with Crippen LogP contribution in [0.3, 0.4) is 0 Å². The molecule has 2 aliphatic heterocycles. The number of halogens is 1. The Balaban J connectivity index is 0.000000195. The van der Waals surface area contributed by atoms with Crippen LogP contribution in [-0.2, 0) is 11.3 Å². The van der Waals surface area contributed by atoms with Gasteiger partial charge < -0.3 is 15.1 Å². The number of thiophene rings is 1. The first kappa shape index (κ1) is 29.4. The van der Waals surface area contributed by atoms with Crippen molar-refractivity contribution in [3.63, 3.8) is 0 Å². The Morgan fingerprint density at radius 2 is 1.82 bits per heavy atom. The zero-order chi connectivity index (χ0) is 28.1. The van der Waals surface area contributed by atoms with Crippen LogP contribution in [-0.4, -0.2) is 83.0 Å². The van der Waals surface area contributed by atoms with E-state index in [-0.39, 0.29) is 5.91 Å². The zero-order valence-corrected chi connectivity index (χ0v) is 25.5. The van der Waals surface area contributed by atoms with E-state index in [1.54, 1.807) is 18.3 Å². The fourth-order valence-electron chi connectivity index (χ4n) is 4.93. The van der Waals surface area contributed by atoms with E-state index in [1.807, 2.05) is 31.2 Å². The Kier molecular flexibility index (Phi) is 9.93. The quantitative estimate of drug-likeness (QED) is 0.467. The lowest BCUT2D eigenvalue weighted by Gasteiger charge is -2.32. The fourth-order valence-corrected chi connectivity index (χ4v) is 6.29. The van der Waals surface area contributed by atoms with Gasteiger partial charge in [-0.15, -0.1) is 21.5 Å². The molecule has 0 bridgehead atoms. The molecule has 1 amide bonds. The number of aliphatic imine (C=N–C) groups is 1. The van der Waals surface area contributed by atoms with Crippen LogP contribution < -0.4 is 5.32 Å². The Labute approximate surface area is 241 Å². The van der Waals surface area contributed by atoms with Crippen LogP contribution in [0.2, 0.25) is 5.02 Å². The highest BCUT2D eigenvalue weighted by atomic mass is 35.5. The Morgan fingerprint density at radius 1 is 1.13 bits per heavy atom. The number of rotatable bonds is 6. The SMILES string of the molecule is CC(=O)NCC1CCN(CCN(C)C)CC1.Cc1sc2c(c1C)C(c1ccc(Cl)cc1)=NCc1nnc(C)n1-2. The molecule has 1 fully saturated rings. The first-order chi connectivity index (χ1) is 18.6. The molecule has 0 saturated carbocycles. The minimum Gasteiger partial charge on any atom is -0.356 e. The third-order valence-corrected chi connectivity index (χ3v) is 8.85. The number of fused-ring (bicyclic) bond motifs is 3. The molecule has 2 aromatic heterocycles. The summed E-state index contributed by atoms with van der Waals surface area (Å²) in [6.45, 7) is 13.9. The van der Waals surface area contributed by atoms with E-state index in [1.165, 1.54) is 48.5 Å². The highest BCUT2D eigenvalue weighted by Gasteiger charge is 2.26. The highest BCUT2D eigenvalue weighted by molar-refractivity contribution is 7.15. The number of likely N-dealkylation sites (N-methyl/N-ethyl adjacent to an activating group) is 1. The molecule has 0 unspecified atom stereocenters. The Hall–Kier alpha value is -2.59. The van der Waals surface area contributed by atoms with E-state index in [4.69, 9.17) is 16.6 Å². The van der Waals surface area contributed by atoms with Crippen molar-refractivity contribution in [2.75, 3.05) is 46.8 Å². The van der Waals surface area contributed by atoms with Gasteiger partial charge >= 0.3 is 0 Å². The summed E-state index contributed by atoms with van der Waals surface area (Å²) >= 11 is 7.80. The maximum Gasteiger partial charge on any atom is 0.216 e. The highest BCUT2D eigenvalue weighted by Crippen LogP contribution is 2.36. The number of aromatic nitrogens is 3. The summed E-state index contributed by atoms with van der Waals surface area (Å²) in [5, 5.41) is 13.3. The number of carbonyl (C=O) groups excluding carboxylic acids is 1. The van der Waals surface area contributed by atoms with Crippen molar-refractivity contribution < 1.29 is 4.79 Å². The third-order valence-electron chi connectivity index (χ3n) is 7.41. The molecule has 3 aromatic rings. The number of benzene rings is 1. The van der Waals surface area contributed by atoms with Crippen molar-refractivity contribution in [3.05, 3.63) is 62.5 Å². The zero-order valence-electron chi connectivity index (χ0n) is 23.9. The maximum atomic E-state index is 10.8. The van der Waals surface area contributed by atoms with Crippen molar-refractivity contribution in [1.82, 2.24) is 29.9 Å². The molecule has 8 nitrogen and oxygen atoms in total. The van der Waals surface area contributed by atoms with Gasteiger partial charge in [-0.2, -0.15) is 0 Å². The van der Waals surface area contributed by atoms with E-state index in [9.17, 15) is 4.79 Å². The second-order valence-corrected chi connectivity index (χ2v) is 12.3. The van der Waals surface area contributed by atoms with Gasteiger partial charge in [-0.05, 0) is 84.4 Å². The van der Waals surface area contributed by atoms with Crippen molar-refractivity contribution in [3.8, 4) is 5.00 Å². The first-order valence-electron chi connectivity index (χ1n) is 13.6. The lowest BCUT2D eigenvalue weighted by molar-refractivity contribution is -0.119. The van der Waals surface area contributed by atoms with E-state index < -0.39 is 0 Å². The van der Waals surface area contributed by atoms with Crippen molar-refractivity contribution in [2.45, 2.75) is 47.1 Å². The van der Waals surface area contributed by atoms with Crippen molar-refractivity contribution in [1.29, 1.82) is 0 Å². The lowest BCUT2D eigenvalue weighted by Crippen LogP contribution is -2.40. The third kappa shape index (κ3) is 7.33. The van der Waals surface area contributed by atoms with Gasteiger partial charge in [0, 0.05) is 47.6 Å². The van der Waals surface area contributed by atoms with Gasteiger partial charge in [0.1, 0.15) is 17.4 Å². The molecule has 39 heavy (non-hydrogen) atoms. The van der Waals surface area contributed by atoms with Crippen molar-refractivity contribution in [2.24, 2.45) is 10.9 Å². The second-order valence-electron chi connectivity index (χ2n) is 10.7. The smallest absolute Gasteiger partial charge is 0.216 e. The molecule has 1 aromatic carbocycles. The molecule has 0 aliphatic carbocycles. The first-order valence-corrected chi connectivity index (χ1v) is 14.8. The number of amides is 1. The van der Waals surface area contributed by atoms with Gasteiger partial charge in [0.05, 0.1) is 5.71 Å². The number of aryl methyl sites for hydroxylation is 2. The number of hydrogen-bond donors (Lipinski definition) is 1. The minimum atomic E-state index is 0.0926. The largest absolute Gasteiger partial charge is 0.356 e. The second kappa shape index (κ2) is 13.2. The number of carbonyl (C=O) groups is 1. The van der Waals surface area contributed by atoms with E-state index >= 15 is 0 Å². The van der Waals surface area contributed by atoms with Crippen LogP contribution in [0.5, 0.6) is 0 Å². The molecular formula is C29H40ClN7OS. The van der Waals surface area contributed by atoms with Crippen LogP contribution in [0.25, 0.3) is 5.00 Å². The molecule has 10 heteroatoms. The van der Waals surface area contributed by atoms with Gasteiger partial charge in [0.2, 0.25) is 5.91 Å². The van der Waals surface area contributed by atoms with Gasteiger partial charge in [-0.1, -0.05) is 23.7 Å². The topological polar surface area (TPSA) is 78.7 Å². The average Bonchev–Trinajstić information content (AvgIpc) is 3.35. The standard InChI is InChI=1S/C17H15ClN4S.C12H25N3O/c1-9-10(2)23-17-15(9)16(12-4-6-13(18)7-5-12)19-8-14-21-20-11(3)22(14)17;1-11(16)13-10-12-4-6-15(7-5-12)9-8-14(2)3/h4-7H,8H2,1-3H3;12H,4-10H2,1-3H3,(H,13,16). The molecule has 1 saturated heterocycles. The van der Waals surface area contributed by atoms with Gasteiger partial charge in [0.15, 0.2) is 5.82 Å². The molecule has 4 heterocycles. The van der Waals surface area contributed by atoms with Crippen molar-refractivity contribution >= 4 is 34.6 Å². The molecular weight excluding hydrogens is 530 g/mol. The number of piperidine rings is 1. The summed E-state index contributed by atoms with van der Waals surface area (Å²) < 4.78 is 2.13. The minimum absolute atomic E-state index is 0.0926. The van der Waals surface area contributed by atoms with E-state index in [0.717, 1.165) is 46.0 Å². The Morgan fingerprint density at radius 3 is 2.46 bits per heavy atom. The number of likely N-dealkylation sites (tertiary alicyclic amines) is 1.